The van der Waals surface area contributed by atoms with E-state index in [9.17, 15) is 18.3 Å². The van der Waals surface area contributed by atoms with E-state index >= 15 is 0 Å². The minimum absolute atomic E-state index is 0.209. The molecule has 0 unspecified atom stereocenters. The number of alkyl halides is 3. The molecule has 0 saturated carbocycles. The van der Waals surface area contributed by atoms with E-state index in [0.717, 1.165) is 45.1 Å². The summed E-state index contributed by atoms with van der Waals surface area (Å²) in [5, 5.41) is 12.5. The first kappa shape index (κ1) is 20.2. The highest BCUT2D eigenvalue weighted by Gasteiger charge is 2.48. The molecule has 0 aliphatic heterocycles. The second-order valence-electron chi connectivity index (χ2n) is 5.60. The third-order valence-electron chi connectivity index (χ3n) is 3.59. The van der Waals surface area contributed by atoms with Crippen molar-refractivity contribution in [2.24, 2.45) is 0 Å². The van der Waals surface area contributed by atoms with Gasteiger partial charge in [-0.25, -0.2) is 0 Å². The summed E-state index contributed by atoms with van der Waals surface area (Å²) < 4.78 is 37.7. The average molecular weight is 310 g/mol. The Morgan fingerprint density at radius 2 is 1.90 bits per heavy atom. The van der Waals surface area contributed by atoms with Gasteiger partial charge in [-0.05, 0) is 40.2 Å². The summed E-state index contributed by atoms with van der Waals surface area (Å²) >= 11 is 0. The number of nitrogens with zero attached hydrogens (tertiary/aromatic N) is 1. The normalized spacial score (nSPS) is 15.9. The van der Waals surface area contributed by atoms with Crippen LogP contribution < -0.4 is 5.32 Å². The molecule has 21 heavy (non-hydrogen) atoms. The van der Waals surface area contributed by atoms with E-state index in [1.54, 1.807) is 6.08 Å². The van der Waals surface area contributed by atoms with Gasteiger partial charge in [0.1, 0.15) is 0 Å². The predicted octanol–water partition coefficient (Wildman–Crippen LogP) is 3.31. The molecule has 126 valence electrons. The van der Waals surface area contributed by atoms with Crippen molar-refractivity contribution in [3.63, 3.8) is 0 Å². The zero-order chi connectivity index (χ0) is 16.5. The fourth-order valence-electron chi connectivity index (χ4n) is 1.89. The second-order valence-corrected chi connectivity index (χ2v) is 5.60. The summed E-state index contributed by atoms with van der Waals surface area (Å²) in [5.41, 5.74) is -1.65. The number of nitrogens with one attached hydrogen (secondary N) is 1. The van der Waals surface area contributed by atoms with Gasteiger partial charge in [0.15, 0.2) is 5.60 Å². The first-order valence-corrected chi connectivity index (χ1v) is 7.51. The maximum atomic E-state index is 12.6. The maximum absolute atomic E-state index is 12.6. The summed E-state index contributed by atoms with van der Waals surface area (Å²) in [5.74, 6) is 0. The van der Waals surface area contributed by atoms with Crippen molar-refractivity contribution in [3.05, 3.63) is 11.8 Å². The van der Waals surface area contributed by atoms with E-state index in [2.05, 4.69) is 17.1 Å². The molecule has 0 heterocycles. The van der Waals surface area contributed by atoms with Crippen LogP contribution in [-0.2, 0) is 0 Å². The van der Waals surface area contributed by atoms with Gasteiger partial charge >= 0.3 is 6.18 Å². The molecule has 1 atom stereocenters. The third-order valence-corrected chi connectivity index (χ3v) is 3.59. The zero-order valence-electron chi connectivity index (χ0n) is 13.6. The van der Waals surface area contributed by atoms with Gasteiger partial charge in [-0.1, -0.05) is 19.4 Å². The predicted molar refractivity (Wildman–Crippen MR) is 80.1 cm³/mol. The topological polar surface area (TPSA) is 35.5 Å². The summed E-state index contributed by atoms with van der Waals surface area (Å²) in [7, 11) is 1.87. The number of likely N-dealkylation sites (N-methyl/N-ethyl adjacent to an activating group) is 1. The Bertz CT molecular complexity index is 307. The number of rotatable bonds is 10. The van der Waals surface area contributed by atoms with Crippen LogP contribution in [0.3, 0.4) is 0 Å². The van der Waals surface area contributed by atoms with Gasteiger partial charge in [0.05, 0.1) is 0 Å². The molecule has 0 aliphatic carbocycles. The molecule has 0 saturated heterocycles. The fraction of sp³-hybridized carbons (Fsp3) is 0.867. The van der Waals surface area contributed by atoms with Crippen LogP contribution in [0.15, 0.2) is 11.8 Å². The van der Waals surface area contributed by atoms with Crippen molar-refractivity contribution in [2.75, 3.05) is 26.7 Å². The minimum Gasteiger partial charge on any atom is -0.381 e. The van der Waals surface area contributed by atoms with E-state index in [-0.39, 0.29) is 12.8 Å². The van der Waals surface area contributed by atoms with Crippen LogP contribution in [0.25, 0.3) is 0 Å². The largest absolute Gasteiger partial charge is 0.416 e. The zero-order valence-corrected chi connectivity index (χ0v) is 13.6. The maximum Gasteiger partial charge on any atom is 0.416 e. The molecule has 0 aromatic carbocycles. The van der Waals surface area contributed by atoms with E-state index in [4.69, 9.17) is 0 Å². The molecule has 0 aromatic rings. The van der Waals surface area contributed by atoms with E-state index in [1.807, 2.05) is 14.0 Å². The molecule has 0 amide bonds. The smallest absolute Gasteiger partial charge is 0.381 e. The van der Waals surface area contributed by atoms with Crippen LogP contribution in [0.5, 0.6) is 0 Å². The molecule has 0 aliphatic rings. The minimum atomic E-state index is -4.58. The monoisotopic (exact) mass is 310 g/mol. The molecule has 0 bridgehead atoms. The quantitative estimate of drug-likeness (QED) is 0.650. The Kier molecular flexibility index (Phi) is 8.97. The first-order chi connectivity index (χ1) is 9.65. The van der Waals surface area contributed by atoms with Crippen molar-refractivity contribution in [2.45, 2.75) is 58.2 Å². The summed E-state index contributed by atoms with van der Waals surface area (Å²) in [4.78, 5) is 2.17. The van der Waals surface area contributed by atoms with Crippen molar-refractivity contribution in [3.8, 4) is 0 Å². The Labute approximate surface area is 126 Å². The highest BCUT2D eigenvalue weighted by Crippen LogP contribution is 2.33. The van der Waals surface area contributed by atoms with Gasteiger partial charge in [0, 0.05) is 25.3 Å². The van der Waals surface area contributed by atoms with E-state index in [0.29, 0.717) is 0 Å². The lowest BCUT2D eigenvalue weighted by Crippen LogP contribution is -2.41. The lowest BCUT2D eigenvalue weighted by molar-refractivity contribution is -0.254. The first-order valence-electron chi connectivity index (χ1n) is 7.51. The Morgan fingerprint density at radius 1 is 1.29 bits per heavy atom. The highest BCUT2D eigenvalue weighted by atomic mass is 19.4. The van der Waals surface area contributed by atoms with Crippen LogP contribution in [0, 0.1) is 0 Å². The number of unbranched alkanes of at least 4 members (excludes halogenated alkanes) is 1. The number of aliphatic hydroxyl groups is 1. The van der Waals surface area contributed by atoms with Crippen LogP contribution in [0.1, 0.15) is 46.5 Å². The van der Waals surface area contributed by atoms with Crippen LogP contribution >= 0.6 is 0 Å². The van der Waals surface area contributed by atoms with E-state index in [1.165, 1.54) is 0 Å². The third kappa shape index (κ3) is 7.71. The summed E-state index contributed by atoms with van der Waals surface area (Å²) in [6.07, 6.45) is -0.780. The Hall–Kier alpha value is -0.750. The molecular weight excluding hydrogens is 281 g/mol. The fourth-order valence-corrected chi connectivity index (χ4v) is 1.89. The second kappa shape index (κ2) is 9.30. The lowest BCUT2D eigenvalue weighted by atomic mass is 9.99. The van der Waals surface area contributed by atoms with Crippen molar-refractivity contribution in [1.29, 1.82) is 0 Å². The SMILES string of the molecule is CCCCN(CCNC)/C(C)=C/CC[C@@](C)(O)C(F)(F)F. The molecule has 0 rings (SSSR count). The van der Waals surface area contributed by atoms with Gasteiger partial charge in [0.2, 0.25) is 0 Å². The molecule has 0 aromatic heterocycles. The average Bonchev–Trinajstić information content (AvgIpc) is 2.37. The summed E-state index contributed by atoms with van der Waals surface area (Å²) in [6.45, 7) is 7.40. The summed E-state index contributed by atoms with van der Waals surface area (Å²) in [6, 6.07) is 0. The number of allylic oxidation sites excluding steroid dienone is 2. The van der Waals surface area contributed by atoms with Crippen molar-refractivity contribution in [1.82, 2.24) is 10.2 Å². The van der Waals surface area contributed by atoms with E-state index < -0.39 is 11.8 Å². The number of hydrogen-bond acceptors (Lipinski definition) is 3. The van der Waals surface area contributed by atoms with Gasteiger partial charge in [-0.3, -0.25) is 0 Å². The van der Waals surface area contributed by atoms with Gasteiger partial charge in [-0.2, -0.15) is 13.2 Å². The standard InChI is InChI=1S/C15H29F3N2O/c1-5-6-11-20(12-10-19-4)13(2)8-7-9-14(3,21)15(16,17)18/h8,19,21H,5-7,9-12H2,1-4H3/b13-8+/t14-/m1/s1. The van der Waals surface area contributed by atoms with Gasteiger partial charge in [-0.15, -0.1) is 0 Å². The van der Waals surface area contributed by atoms with Crippen molar-refractivity contribution >= 4 is 0 Å². The number of hydrogen-bond donors (Lipinski definition) is 2. The Balaban J connectivity index is 4.52. The van der Waals surface area contributed by atoms with Gasteiger partial charge < -0.3 is 15.3 Å². The highest BCUT2D eigenvalue weighted by molar-refractivity contribution is 4.99. The number of halogens is 3. The van der Waals surface area contributed by atoms with Crippen molar-refractivity contribution < 1.29 is 18.3 Å². The molecule has 2 N–H and O–H groups in total. The Morgan fingerprint density at radius 3 is 2.38 bits per heavy atom. The molecule has 3 nitrogen and oxygen atoms in total. The van der Waals surface area contributed by atoms with Gasteiger partial charge in [0.25, 0.3) is 0 Å². The molecule has 6 heteroatoms. The van der Waals surface area contributed by atoms with Crippen LogP contribution in [0.2, 0.25) is 0 Å². The molecular formula is C15H29F3N2O. The molecule has 0 fully saturated rings. The lowest BCUT2D eigenvalue weighted by Gasteiger charge is -2.27. The molecule has 0 spiro atoms. The van der Waals surface area contributed by atoms with Crippen LogP contribution in [0.4, 0.5) is 13.2 Å². The van der Waals surface area contributed by atoms with Crippen LogP contribution in [-0.4, -0.2) is 48.5 Å². The molecule has 0 radical (unpaired) electrons.